The highest BCUT2D eigenvalue weighted by Crippen LogP contribution is 2.29. The molecule has 100 valence electrons. The second-order valence-electron chi connectivity index (χ2n) is 4.17. The highest BCUT2D eigenvalue weighted by molar-refractivity contribution is 8.00. The standard InChI is InChI=1S/C14H16N2O2S/c1-10(11-6-7-18-8-11)16-12-4-2-3-5-13(12)19-9-14(15)17/h2-8,10,16H,9H2,1H3,(H2,15,17). The van der Waals surface area contributed by atoms with Crippen molar-refractivity contribution in [2.75, 3.05) is 11.1 Å². The molecule has 1 unspecified atom stereocenters. The van der Waals surface area contributed by atoms with Crippen molar-refractivity contribution in [2.24, 2.45) is 5.73 Å². The summed E-state index contributed by atoms with van der Waals surface area (Å²) in [6.07, 6.45) is 3.37. The number of furan rings is 1. The zero-order valence-corrected chi connectivity index (χ0v) is 11.4. The number of para-hydroxylation sites is 1. The lowest BCUT2D eigenvalue weighted by molar-refractivity contribution is -0.115. The molecule has 4 nitrogen and oxygen atoms in total. The summed E-state index contributed by atoms with van der Waals surface area (Å²) in [5.41, 5.74) is 7.24. The van der Waals surface area contributed by atoms with Crippen LogP contribution in [-0.2, 0) is 4.79 Å². The largest absolute Gasteiger partial charge is 0.472 e. The minimum Gasteiger partial charge on any atom is -0.472 e. The molecule has 1 aromatic carbocycles. The molecule has 1 amide bonds. The second kappa shape index (κ2) is 6.33. The van der Waals surface area contributed by atoms with Crippen LogP contribution in [0.1, 0.15) is 18.5 Å². The van der Waals surface area contributed by atoms with Crippen molar-refractivity contribution in [3.63, 3.8) is 0 Å². The number of rotatable bonds is 6. The van der Waals surface area contributed by atoms with Gasteiger partial charge in [-0.25, -0.2) is 0 Å². The van der Waals surface area contributed by atoms with Gasteiger partial charge in [-0.05, 0) is 25.1 Å². The molecule has 2 rings (SSSR count). The van der Waals surface area contributed by atoms with E-state index >= 15 is 0 Å². The van der Waals surface area contributed by atoms with E-state index < -0.39 is 0 Å². The van der Waals surface area contributed by atoms with Crippen LogP contribution in [0.4, 0.5) is 5.69 Å². The Balaban J connectivity index is 2.09. The summed E-state index contributed by atoms with van der Waals surface area (Å²) in [4.78, 5) is 11.9. The maximum absolute atomic E-state index is 10.9. The molecule has 19 heavy (non-hydrogen) atoms. The highest BCUT2D eigenvalue weighted by atomic mass is 32.2. The number of nitrogens with one attached hydrogen (secondary N) is 1. The molecule has 0 spiro atoms. The van der Waals surface area contributed by atoms with E-state index in [9.17, 15) is 4.79 Å². The lowest BCUT2D eigenvalue weighted by Gasteiger charge is -2.16. The molecule has 0 saturated carbocycles. The van der Waals surface area contributed by atoms with Crippen LogP contribution in [-0.4, -0.2) is 11.7 Å². The minimum atomic E-state index is -0.317. The number of carbonyl (C=O) groups is 1. The fourth-order valence-corrected chi connectivity index (χ4v) is 2.45. The van der Waals surface area contributed by atoms with Crippen LogP contribution in [0, 0.1) is 0 Å². The molecule has 3 N–H and O–H groups in total. The van der Waals surface area contributed by atoms with Crippen LogP contribution >= 0.6 is 11.8 Å². The van der Waals surface area contributed by atoms with Crippen molar-refractivity contribution in [1.29, 1.82) is 0 Å². The van der Waals surface area contributed by atoms with Gasteiger partial charge in [0, 0.05) is 16.1 Å². The van der Waals surface area contributed by atoms with Crippen molar-refractivity contribution in [2.45, 2.75) is 17.9 Å². The van der Waals surface area contributed by atoms with E-state index in [-0.39, 0.29) is 17.7 Å². The van der Waals surface area contributed by atoms with Gasteiger partial charge in [-0.15, -0.1) is 11.8 Å². The molecule has 1 aromatic heterocycles. The molecule has 1 atom stereocenters. The first-order valence-corrected chi connectivity index (χ1v) is 6.94. The van der Waals surface area contributed by atoms with Gasteiger partial charge in [-0.3, -0.25) is 4.79 Å². The Bertz CT molecular complexity index is 540. The van der Waals surface area contributed by atoms with E-state index in [4.69, 9.17) is 10.2 Å². The first-order chi connectivity index (χ1) is 9.16. The molecule has 5 heteroatoms. The van der Waals surface area contributed by atoms with Gasteiger partial charge in [0.2, 0.25) is 5.91 Å². The third kappa shape index (κ3) is 3.79. The van der Waals surface area contributed by atoms with Gasteiger partial charge in [0.25, 0.3) is 0 Å². The topological polar surface area (TPSA) is 68.3 Å². The fourth-order valence-electron chi connectivity index (χ4n) is 1.70. The molecule has 0 fully saturated rings. The predicted molar refractivity (Wildman–Crippen MR) is 77.1 cm³/mol. The summed E-state index contributed by atoms with van der Waals surface area (Å²) in [5.74, 6) is -0.0404. The van der Waals surface area contributed by atoms with Gasteiger partial charge < -0.3 is 15.5 Å². The zero-order chi connectivity index (χ0) is 13.7. The van der Waals surface area contributed by atoms with E-state index in [0.717, 1.165) is 16.1 Å². The van der Waals surface area contributed by atoms with Gasteiger partial charge in [0.05, 0.1) is 24.3 Å². The number of primary amides is 1. The van der Waals surface area contributed by atoms with Crippen LogP contribution in [0.3, 0.4) is 0 Å². The number of hydrogen-bond acceptors (Lipinski definition) is 4. The average molecular weight is 276 g/mol. The van der Waals surface area contributed by atoms with Crippen LogP contribution in [0.2, 0.25) is 0 Å². The van der Waals surface area contributed by atoms with Crippen molar-refractivity contribution < 1.29 is 9.21 Å². The zero-order valence-electron chi connectivity index (χ0n) is 10.6. The number of thioether (sulfide) groups is 1. The Hall–Kier alpha value is -1.88. The Morgan fingerprint density at radius 3 is 2.89 bits per heavy atom. The normalized spacial score (nSPS) is 12.1. The van der Waals surface area contributed by atoms with Crippen LogP contribution in [0.5, 0.6) is 0 Å². The Morgan fingerprint density at radius 2 is 2.21 bits per heavy atom. The first-order valence-electron chi connectivity index (χ1n) is 5.95. The SMILES string of the molecule is CC(Nc1ccccc1SCC(N)=O)c1ccoc1. The summed E-state index contributed by atoms with van der Waals surface area (Å²) < 4.78 is 5.08. The van der Waals surface area contributed by atoms with Crippen molar-refractivity contribution >= 4 is 23.4 Å². The molecule has 0 aliphatic carbocycles. The van der Waals surface area contributed by atoms with Gasteiger partial charge in [-0.2, -0.15) is 0 Å². The molecule has 0 aliphatic heterocycles. The van der Waals surface area contributed by atoms with E-state index in [2.05, 4.69) is 12.2 Å². The average Bonchev–Trinajstić information content (AvgIpc) is 2.91. The number of nitrogens with two attached hydrogens (primary N) is 1. The van der Waals surface area contributed by atoms with Gasteiger partial charge in [0.1, 0.15) is 0 Å². The number of benzene rings is 1. The van der Waals surface area contributed by atoms with Crippen molar-refractivity contribution in [3.05, 3.63) is 48.4 Å². The minimum absolute atomic E-state index is 0.133. The monoisotopic (exact) mass is 276 g/mol. The van der Waals surface area contributed by atoms with Crippen LogP contribution in [0.25, 0.3) is 0 Å². The molecule has 2 aromatic rings. The number of amides is 1. The lowest BCUT2D eigenvalue weighted by Crippen LogP contribution is -2.13. The Morgan fingerprint density at radius 1 is 1.42 bits per heavy atom. The predicted octanol–water partition coefficient (Wildman–Crippen LogP) is 3.03. The number of anilines is 1. The summed E-state index contributed by atoms with van der Waals surface area (Å²) in [7, 11) is 0. The molecular formula is C14H16N2O2S. The van der Waals surface area contributed by atoms with Crippen LogP contribution in [0.15, 0.2) is 52.2 Å². The lowest BCUT2D eigenvalue weighted by atomic mass is 10.1. The van der Waals surface area contributed by atoms with Gasteiger partial charge in [0.15, 0.2) is 0 Å². The summed E-state index contributed by atoms with van der Waals surface area (Å²) in [6, 6.07) is 9.92. The quantitative estimate of drug-likeness (QED) is 0.796. The van der Waals surface area contributed by atoms with E-state index in [0.29, 0.717) is 0 Å². The molecule has 0 saturated heterocycles. The summed E-state index contributed by atoms with van der Waals surface area (Å²) in [6.45, 7) is 2.06. The molecule has 1 heterocycles. The van der Waals surface area contributed by atoms with Crippen LogP contribution < -0.4 is 11.1 Å². The highest BCUT2D eigenvalue weighted by Gasteiger charge is 2.10. The van der Waals surface area contributed by atoms with E-state index in [1.165, 1.54) is 11.8 Å². The number of carbonyl (C=O) groups excluding carboxylic acids is 1. The second-order valence-corrected chi connectivity index (χ2v) is 5.19. The van der Waals surface area contributed by atoms with Crippen molar-refractivity contribution in [1.82, 2.24) is 0 Å². The van der Waals surface area contributed by atoms with Gasteiger partial charge in [-0.1, -0.05) is 12.1 Å². The molecule has 0 radical (unpaired) electrons. The third-order valence-corrected chi connectivity index (χ3v) is 3.77. The summed E-state index contributed by atoms with van der Waals surface area (Å²) >= 11 is 1.43. The van der Waals surface area contributed by atoms with E-state index in [1.807, 2.05) is 30.3 Å². The fraction of sp³-hybridized carbons (Fsp3) is 0.214. The maximum atomic E-state index is 10.9. The first kappa shape index (κ1) is 13.5. The van der Waals surface area contributed by atoms with Gasteiger partial charge >= 0.3 is 0 Å². The molecule has 0 bridgehead atoms. The third-order valence-electron chi connectivity index (χ3n) is 2.67. The van der Waals surface area contributed by atoms with Crippen molar-refractivity contribution in [3.8, 4) is 0 Å². The molecule has 0 aliphatic rings. The number of hydrogen-bond donors (Lipinski definition) is 2. The Kier molecular flexibility index (Phi) is 4.52. The Labute approximate surface area is 116 Å². The van der Waals surface area contributed by atoms with E-state index in [1.54, 1.807) is 12.5 Å². The summed E-state index contributed by atoms with van der Waals surface area (Å²) in [5, 5.41) is 3.40. The smallest absolute Gasteiger partial charge is 0.227 e. The molecular weight excluding hydrogens is 260 g/mol. The maximum Gasteiger partial charge on any atom is 0.227 e.